The fourth-order valence-electron chi connectivity index (χ4n) is 8.97. The van der Waals surface area contributed by atoms with Gasteiger partial charge in [-0.15, -0.1) is 0 Å². The van der Waals surface area contributed by atoms with Crippen molar-refractivity contribution in [1.82, 2.24) is 4.90 Å². The topological polar surface area (TPSA) is 66.8 Å². The Morgan fingerprint density at radius 2 is 1.78 bits per heavy atom. The van der Waals surface area contributed by atoms with E-state index in [9.17, 15) is 36.1 Å². The molecule has 7 atom stereocenters. The second kappa shape index (κ2) is 13.9. The van der Waals surface area contributed by atoms with Gasteiger partial charge in [-0.1, -0.05) is 13.0 Å². The summed E-state index contributed by atoms with van der Waals surface area (Å²) < 4.78 is 82.4. The quantitative estimate of drug-likeness (QED) is 0.154. The van der Waals surface area contributed by atoms with Crippen molar-refractivity contribution in [1.29, 1.82) is 0 Å². The van der Waals surface area contributed by atoms with E-state index in [1.807, 2.05) is 12.1 Å². The SMILES string of the molecule is CN1CCC(CC(=O)Oc2ccc3c(c2)C[C@@H](CCCS(=O)CCCC(F)(F)C(F)(F)F)[C@@H]2[C@@H]3CC[C@]3(C)[C@@H](O)CC[C@@H]23)CC1. The van der Waals surface area contributed by atoms with Gasteiger partial charge in [-0.3, -0.25) is 9.00 Å². The number of likely N-dealkylation sites (tertiary alicyclic amines) is 1. The molecule has 3 fully saturated rings. The van der Waals surface area contributed by atoms with Crippen LogP contribution in [0.3, 0.4) is 0 Å². The lowest BCUT2D eigenvalue weighted by atomic mass is 9.52. The Kier molecular flexibility index (Phi) is 10.7. The zero-order valence-corrected chi connectivity index (χ0v) is 27.2. The second-order valence-corrected chi connectivity index (χ2v) is 16.2. The molecule has 1 aliphatic heterocycles. The number of rotatable bonds is 11. The fraction of sp³-hybridized carbons (Fsp3) is 0.794. The maximum Gasteiger partial charge on any atom is 0.453 e. The van der Waals surface area contributed by atoms with Crippen LogP contribution in [-0.2, 0) is 22.0 Å². The third-order valence-corrected chi connectivity index (χ3v) is 13.1. The third kappa shape index (κ3) is 7.77. The summed E-state index contributed by atoms with van der Waals surface area (Å²) in [6.07, 6.45) is 0.400. The summed E-state index contributed by atoms with van der Waals surface area (Å²) in [4.78, 5) is 15.1. The predicted octanol–water partition coefficient (Wildman–Crippen LogP) is 7.27. The number of piperidine rings is 1. The molecular weight excluding hydrogens is 613 g/mol. The molecule has 4 aliphatic rings. The third-order valence-electron chi connectivity index (χ3n) is 11.6. The molecule has 3 aliphatic carbocycles. The minimum absolute atomic E-state index is 0.146. The maximum atomic E-state index is 13.3. The van der Waals surface area contributed by atoms with Gasteiger partial charge in [-0.05, 0) is 143 Å². The van der Waals surface area contributed by atoms with Gasteiger partial charge >= 0.3 is 18.1 Å². The van der Waals surface area contributed by atoms with Gasteiger partial charge in [0, 0.05) is 35.1 Å². The number of aliphatic hydroxyl groups is 1. The molecule has 5 rings (SSSR count). The highest BCUT2D eigenvalue weighted by molar-refractivity contribution is 7.84. The summed E-state index contributed by atoms with van der Waals surface area (Å²) in [5.74, 6) is -2.76. The van der Waals surface area contributed by atoms with Gasteiger partial charge in [-0.25, -0.2) is 0 Å². The Labute approximate surface area is 266 Å². The van der Waals surface area contributed by atoms with Crippen LogP contribution >= 0.6 is 0 Å². The van der Waals surface area contributed by atoms with Crippen molar-refractivity contribution in [3.05, 3.63) is 29.3 Å². The predicted molar refractivity (Wildman–Crippen MR) is 164 cm³/mol. The number of carbonyl (C=O) groups excluding carboxylic acids is 1. The Morgan fingerprint density at radius 1 is 1.07 bits per heavy atom. The van der Waals surface area contributed by atoms with Gasteiger partial charge in [-0.2, -0.15) is 22.0 Å². The highest BCUT2D eigenvalue weighted by Crippen LogP contribution is 2.62. The first kappa shape index (κ1) is 34.7. The van der Waals surface area contributed by atoms with Crippen LogP contribution in [0.2, 0.25) is 0 Å². The number of ether oxygens (including phenoxy) is 1. The van der Waals surface area contributed by atoms with Gasteiger partial charge in [0.05, 0.1) is 6.10 Å². The molecule has 0 amide bonds. The molecule has 1 unspecified atom stereocenters. The lowest BCUT2D eigenvalue weighted by molar-refractivity contribution is -0.284. The summed E-state index contributed by atoms with van der Waals surface area (Å²) in [6, 6.07) is 6.02. The highest BCUT2D eigenvalue weighted by atomic mass is 32.2. The fourth-order valence-corrected chi connectivity index (χ4v) is 10.1. The minimum Gasteiger partial charge on any atom is -0.427 e. The number of aliphatic hydroxyl groups excluding tert-OH is 1. The van der Waals surface area contributed by atoms with Crippen LogP contribution in [0.5, 0.6) is 5.75 Å². The number of hydrogen-bond donors (Lipinski definition) is 1. The zero-order chi connectivity index (χ0) is 32.6. The Morgan fingerprint density at radius 3 is 2.49 bits per heavy atom. The second-order valence-electron chi connectivity index (χ2n) is 14.5. The number of halogens is 5. The van der Waals surface area contributed by atoms with Crippen LogP contribution in [0.4, 0.5) is 22.0 Å². The molecule has 11 heteroatoms. The summed E-state index contributed by atoms with van der Waals surface area (Å²) in [5, 5.41) is 10.9. The van der Waals surface area contributed by atoms with E-state index in [4.69, 9.17) is 4.74 Å². The van der Waals surface area contributed by atoms with E-state index in [2.05, 4.69) is 24.9 Å². The Balaban J connectivity index is 1.24. The summed E-state index contributed by atoms with van der Waals surface area (Å²) in [7, 11) is 0.614. The van der Waals surface area contributed by atoms with Crippen LogP contribution < -0.4 is 4.74 Å². The molecule has 1 N–H and O–H groups in total. The number of benzene rings is 1. The molecule has 0 bridgehead atoms. The summed E-state index contributed by atoms with van der Waals surface area (Å²) >= 11 is 0. The average molecular weight is 662 g/mol. The summed E-state index contributed by atoms with van der Waals surface area (Å²) in [5.41, 5.74) is 2.29. The van der Waals surface area contributed by atoms with Crippen LogP contribution in [0.15, 0.2) is 18.2 Å². The standard InChI is InChI=1S/C34H48F5NO4S/c1-32-14-10-27-26-7-6-25(44-30(42)19-22-11-15-40(2)16-12-22)21-24(26)20-23(31(27)28(32)8-9-29(32)41)5-3-17-45(43)18-4-13-33(35,36)34(37,38)39/h6-7,21-23,27-29,31,41H,3-5,8-20H2,1-2H3/t23-,27-,28+,29+,31-,32+,45?/m1/s1. The molecule has 5 nitrogen and oxygen atoms in total. The number of carbonyl (C=O) groups is 1. The molecule has 45 heavy (non-hydrogen) atoms. The number of hydrogen-bond acceptors (Lipinski definition) is 5. The van der Waals surface area contributed by atoms with E-state index < -0.39 is 35.7 Å². The molecule has 2 saturated carbocycles. The van der Waals surface area contributed by atoms with Crippen molar-refractivity contribution < 1.29 is 40.8 Å². The van der Waals surface area contributed by atoms with E-state index >= 15 is 0 Å². The number of nitrogens with zero attached hydrogens (tertiary/aromatic N) is 1. The molecule has 0 aromatic heterocycles. The smallest absolute Gasteiger partial charge is 0.427 e. The van der Waals surface area contributed by atoms with Crippen LogP contribution in [0, 0.1) is 29.1 Å². The molecule has 1 aromatic carbocycles. The van der Waals surface area contributed by atoms with E-state index in [0.717, 1.165) is 70.0 Å². The van der Waals surface area contributed by atoms with Gasteiger partial charge in [0.2, 0.25) is 0 Å². The Hall–Kier alpha value is -1.59. The molecule has 0 spiro atoms. The Bertz CT molecular complexity index is 1220. The largest absolute Gasteiger partial charge is 0.453 e. The highest BCUT2D eigenvalue weighted by Gasteiger charge is 2.57. The van der Waals surface area contributed by atoms with Crippen LogP contribution in [-0.4, -0.2) is 70.0 Å². The van der Waals surface area contributed by atoms with Gasteiger partial charge in [0.1, 0.15) is 5.75 Å². The number of fused-ring (bicyclic) bond motifs is 5. The normalized spacial score (nSPS) is 31.6. The van der Waals surface area contributed by atoms with Crippen molar-refractivity contribution in [2.45, 2.75) is 108 Å². The van der Waals surface area contributed by atoms with Crippen LogP contribution in [0.25, 0.3) is 0 Å². The van der Waals surface area contributed by atoms with E-state index in [1.165, 1.54) is 5.56 Å². The molecule has 254 valence electrons. The van der Waals surface area contributed by atoms with Crippen molar-refractivity contribution in [3.8, 4) is 5.75 Å². The first-order valence-electron chi connectivity index (χ1n) is 16.7. The average Bonchev–Trinajstić information content (AvgIpc) is 3.27. The summed E-state index contributed by atoms with van der Waals surface area (Å²) in [6.45, 7) is 4.18. The van der Waals surface area contributed by atoms with E-state index in [1.54, 1.807) is 0 Å². The van der Waals surface area contributed by atoms with Crippen molar-refractivity contribution >= 4 is 16.8 Å². The molecule has 1 saturated heterocycles. The van der Waals surface area contributed by atoms with Gasteiger partial charge in [0.15, 0.2) is 0 Å². The first-order valence-corrected chi connectivity index (χ1v) is 18.2. The molecule has 0 radical (unpaired) electrons. The van der Waals surface area contributed by atoms with E-state index in [0.29, 0.717) is 42.3 Å². The lowest BCUT2D eigenvalue weighted by Gasteiger charge is -2.53. The maximum absolute atomic E-state index is 13.3. The van der Waals surface area contributed by atoms with Crippen LogP contribution in [0.1, 0.15) is 94.6 Å². The first-order chi connectivity index (χ1) is 21.2. The van der Waals surface area contributed by atoms with Gasteiger partial charge in [0.25, 0.3) is 0 Å². The van der Waals surface area contributed by atoms with Crippen molar-refractivity contribution in [2.24, 2.45) is 29.1 Å². The minimum atomic E-state index is -5.59. The molecule has 1 heterocycles. The van der Waals surface area contributed by atoms with Crippen molar-refractivity contribution in [2.75, 3.05) is 31.6 Å². The monoisotopic (exact) mass is 661 g/mol. The molecular formula is C34H48F5NO4S. The molecule has 1 aromatic rings. The number of alkyl halides is 5. The van der Waals surface area contributed by atoms with Gasteiger partial charge < -0.3 is 14.7 Å². The lowest BCUT2D eigenvalue weighted by Crippen LogP contribution is -2.47. The van der Waals surface area contributed by atoms with E-state index in [-0.39, 0.29) is 34.9 Å². The zero-order valence-electron chi connectivity index (χ0n) is 26.4. The number of esters is 1. The van der Waals surface area contributed by atoms with Crippen molar-refractivity contribution in [3.63, 3.8) is 0 Å².